The Hall–Kier alpha value is -1.20. The predicted octanol–water partition coefficient (Wildman–Crippen LogP) is 4.23. The third kappa shape index (κ3) is 2.79. The van der Waals surface area contributed by atoms with Gasteiger partial charge in [0.1, 0.15) is 6.10 Å². The maximum atomic E-state index is 10.5. The molecule has 2 heterocycles. The van der Waals surface area contributed by atoms with Crippen LogP contribution in [0, 0.1) is 0 Å². The molecule has 0 saturated carbocycles. The lowest BCUT2D eigenvalue weighted by Gasteiger charge is -2.09. The number of aliphatic hydroxyl groups excluding tert-OH is 1. The van der Waals surface area contributed by atoms with Gasteiger partial charge in [-0.1, -0.05) is 24.3 Å². The molecule has 0 fully saturated rings. The monoisotopic (exact) mass is 304 g/mol. The zero-order valence-electron chi connectivity index (χ0n) is 11.2. The normalized spacial score (nSPS) is 12.9. The molecule has 2 aromatic heterocycles. The second kappa shape index (κ2) is 6.06. The molecule has 3 aromatic rings. The van der Waals surface area contributed by atoms with Crippen LogP contribution in [0.2, 0.25) is 0 Å². The van der Waals surface area contributed by atoms with E-state index in [1.807, 2.05) is 12.1 Å². The number of methoxy groups -OCH3 is 1. The summed E-state index contributed by atoms with van der Waals surface area (Å²) in [6.45, 7) is 0.725. The Labute approximate surface area is 126 Å². The summed E-state index contributed by atoms with van der Waals surface area (Å²) in [6.07, 6.45) is 0.373. The lowest BCUT2D eigenvalue weighted by atomic mass is 10.0. The van der Waals surface area contributed by atoms with E-state index in [1.165, 1.54) is 15.0 Å². The van der Waals surface area contributed by atoms with Gasteiger partial charge in [-0.15, -0.1) is 22.7 Å². The quantitative estimate of drug-likeness (QED) is 0.764. The van der Waals surface area contributed by atoms with Crippen molar-refractivity contribution in [2.45, 2.75) is 12.5 Å². The van der Waals surface area contributed by atoms with E-state index in [4.69, 9.17) is 4.74 Å². The lowest BCUT2D eigenvalue weighted by Crippen LogP contribution is -1.98. The first-order valence-electron chi connectivity index (χ1n) is 6.50. The Bertz CT molecular complexity index is 653. The maximum absolute atomic E-state index is 10.5. The molecule has 0 aliphatic carbocycles. The first-order chi connectivity index (χ1) is 9.78. The van der Waals surface area contributed by atoms with Crippen molar-refractivity contribution >= 4 is 32.1 Å². The van der Waals surface area contributed by atoms with E-state index in [-0.39, 0.29) is 0 Å². The van der Waals surface area contributed by atoms with Gasteiger partial charge in [0.15, 0.2) is 0 Å². The largest absolute Gasteiger partial charge is 0.384 e. The van der Waals surface area contributed by atoms with Gasteiger partial charge in [0.25, 0.3) is 0 Å². The standard InChI is InChI=1S/C16H16O2S2/c1-18-8-6-11-2-4-12(5-3-11)16(17)15-10-14-13(20-15)7-9-19-14/h2-5,7,9-10,16-17H,6,8H2,1H3. The minimum Gasteiger partial charge on any atom is -0.384 e. The van der Waals surface area contributed by atoms with Gasteiger partial charge in [0.05, 0.1) is 6.61 Å². The van der Waals surface area contributed by atoms with E-state index in [9.17, 15) is 5.11 Å². The number of fused-ring (bicyclic) bond motifs is 1. The van der Waals surface area contributed by atoms with E-state index in [0.717, 1.165) is 23.5 Å². The molecule has 2 nitrogen and oxygen atoms in total. The van der Waals surface area contributed by atoms with Crippen molar-refractivity contribution in [3.05, 3.63) is 57.8 Å². The molecule has 1 N–H and O–H groups in total. The molecule has 1 atom stereocenters. The molecule has 0 aliphatic heterocycles. The molecule has 0 bridgehead atoms. The van der Waals surface area contributed by atoms with Gasteiger partial charge < -0.3 is 9.84 Å². The number of ether oxygens (including phenoxy) is 1. The van der Waals surface area contributed by atoms with Crippen LogP contribution >= 0.6 is 22.7 Å². The molecule has 4 heteroatoms. The number of aliphatic hydroxyl groups is 1. The first kappa shape index (κ1) is 13.8. The number of hydrogen-bond donors (Lipinski definition) is 1. The smallest absolute Gasteiger partial charge is 0.113 e. The highest BCUT2D eigenvalue weighted by atomic mass is 32.1. The van der Waals surface area contributed by atoms with Gasteiger partial charge in [0.2, 0.25) is 0 Å². The minimum absolute atomic E-state index is 0.531. The maximum Gasteiger partial charge on any atom is 0.113 e. The van der Waals surface area contributed by atoms with E-state index in [2.05, 4.69) is 29.6 Å². The summed E-state index contributed by atoms with van der Waals surface area (Å²) in [6, 6.07) is 12.3. The van der Waals surface area contributed by atoms with Crippen molar-refractivity contribution in [2.24, 2.45) is 0 Å². The summed E-state index contributed by atoms with van der Waals surface area (Å²) in [5, 5.41) is 12.6. The second-order valence-corrected chi connectivity index (χ2v) is 6.75. The minimum atomic E-state index is -0.531. The zero-order valence-corrected chi connectivity index (χ0v) is 12.8. The zero-order chi connectivity index (χ0) is 13.9. The van der Waals surface area contributed by atoms with Gasteiger partial charge in [-0.2, -0.15) is 0 Å². The number of hydrogen-bond acceptors (Lipinski definition) is 4. The first-order valence-corrected chi connectivity index (χ1v) is 8.20. The molecule has 3 rings (SSSR count). The van der Waals surface area contributed by atoms with Crippen LogP contribution in [-0.2, 0) is 11.2 Å². The van der Waals surface area contributed by atoms with E-state index >= 15 is 0 Å². The lowest BCUT2D eigenvalue weighted by molar-refractivity contribution is 0.202. The van der Waals surface area contributed by atoms with Gasteiger partial charge in [0, 0.05) is 21.4 Å². The van der Waals surface area contributed by atoms with Gasteiger partial charge in [-0.05, 0) is 35.1 Å². The molecular formula is C16H16O2S2. The van der Waals surface area contributed by atoms with Crippen LogP contribution in [0.1, 0.15) is 22.1 Å². The van der Waals surface area contributed by atoms with E-state index in [0.29, 0.717) is 0 Å². The van der Waals surface area contributed by atoms with Crippen LogP contribution < -0.4 is 0 Å². The third-order valence-electron chi connectivity index (χ3n) is 3.32. The summed E-state index contributed by atoms with van der Waals surface area (Å²) in [7, 11) is 1.71. The fourth-order valence-electron chi connectivity index (χ4n) is 2.17. The van der Waals surface area contributed by atoms with E-state index < -0.39 is 6.10 Å². The van der Waals surface area contributed by atoms with Crippen molar-refractivity contribution in [1.82, 2.24) is 0 Å². The van der Waals surface area contributed by atoms with E-state index in [1.54, 1.807) is 29.8 Å². The van der Waals surface area contributed by atoms with Crippen molar-refractivity contribution in [2.75, 3.05) is 13.7 Å². The Kier molecular flexibility index (Phi) is 4.17. The molecule has 1 aromatic carbocycles. The summed E-state index contributed by atoms with van der Waals surface area (Å²) >= 11 is 3.38. The highest BCUT2D eigenvalue weighted by Gasteiger charge is 2.14. The third-order valence-corrected chi connectivity index (χ3v) is 5.46. The van der Waals surface area contributed by atoms with Crippen LogP contribution in [0.25, 0.3) is 9.40 Å². The fraction of sp³-hybridized carbons (Fsp3) is 0.250. The number of benzene rings is 1. The van der Waals surface area contributed by atoms with Gasteiger partial charge >= 0.3 is 0 Å². The average Bonchev–Trinajstić information content (AvgIpc) is 3.06. The number of thiophene rings is 2. The van der Waals surface area contributed by atoms with Gasteiger partial charge in [-0.25, -0.2) is 0 Å². The summed E-state index contributed by atoms with van der Waals surface area (Å²) < 4.78 is 7.57. The molecule has 0 spiro atoms. The summed E-state index contributed by atoms with van der Waals surface area (Å²) in [5.41, 5.74) is 2.18. The molecular weight excluding hydrogens is 288 g/mol. The molecule has 0 saturated heterocycles. The van der Waals surface area contributed by atoms with Crippen molar-refractivity contribution in [3.63, 3.8) is 0 Å². The van der Waals surface area contributed by atoms with Crippen LogP contribution in [0.4, 0.5) is 0 Å². The van der Waals surface area contributed by atoms with Crippen LogP contribution in [0.5, 0.6) is 0 Å². The molecule has 0 aliphatic rings. The van der Waals surface area contributed by atoms with Crippen LogP contribution in [-0.4, -0.2) is 18.8 Å². The highest BCUT2D eigenvalue weighted by molar-refractivity contribution is 7.26. The average molecular weight is 304 g/mol. The van der Waals surface area contributed by atoms with Gasteiger partial charge in [-0.3, -0.25) is 0 Å². The molecule has 20 heavy (non-hydrogen) atoms. The van der Waals surface area contributed by atoms with Crippen molar-refractivity contribution in [1.29, 1.82) is 0 Å². The Balaban J connectivity index is 1.79. The fourth-order valence-corrected chi connectivity index (χ4v) is 4.30. The molecule has 0 radical (unpaired) electrons. The molecule has 104 valence electrons. The molecule has 0 amide bonds. The topological polar surface area (TPSA) is 29.5 Å². The van der Waals surface area contributed by atoms with Crippen LogP contribution in [0.15, 0.2) is 41.8 Å². The van der Waals surface area contributed by atoms with Crippen molar-refractivity contribution in [3.8, 4) is 0 Å². The summed E-state index contributed by atoms with van der Waals surface area (Å²) in [5.74, 6) is 0. The Morgan fingerprint density at radius 2 is 1.95 bits per heavy atom. The molecule has 1 unspecified atom stereocenters. The second-order valence-electron chi connectivity index (χ2n) is 4.68. The highest BCUT2D eigenvalue weighted by Crippen LogP contribution is 2.35. The number of rotatable bonds is 5. The van der Waals surface area contributed by atoms with Crippen LogP contribution in [0.3, 0.4) is 0 Å². The van der Waals surface area contributed by atoms with Crippen molar-refractivity contribution < 1.29 is 9.84 Å². The Morgan fingerprint density at radius 3 is 2.65 bits per heavy atom. The SMILES string of the molecule is COCCc1ccc(C(O)c2cc3sccc3s2)cc1. The summed E-state index contributed by atoms with van der Waals surface area (Å²) in [4.78, 5) is 1.01. The predicted molar refractivity (Wildman–Crippen MR) is 85.8 cm³/mol. The Morgan fingerprint density at radius 1 is 1.15 bits per heavy atom.